The van der Waals surface area contributed by atoms with Gasteiger partial charge in [0.05, 0.1) is 58.8 Å². The van der Waals surface area contributed by atoms with Gasteiger partial charge in [-0.1, -0.05) is 79.8 Å². The van der Waals surface area contributed by atoms with Crippen LogP contribution in [0.1, 0.15) is 56.2 Å². The topological polar surface area (TPSA) is 121 Å². The zero-order valence-corrected chi connectivity index (χ0v) is 36.4. The van der Waals surface area contributed by atoms with Crippen LogP contribution in [0.5, 0.6) is 11.5 Å². The Balaban J connectivity index is 1.23. The third-order valence-corrected chi connectivity index (χ3v) is 16.7. The zero-order chi connectivity index (χ0) is 41.9. The highest BCUT2D eigenvalue weighted by Crippen LogP contribution is 2.47. The summed E-state index contributed by atoms with van der Waals surface area (Å²) in [6.45, 7) is 10.9. The van der Waals surface area contributed by atoms with Crippen molar-refractivity contribution in [1.29, 1.82) is 0 Å². The van der Waals surface area contributed by atoms with E-state index in [2.05, 4.69) is 49.6 Å². The Hall–Kier alpha value is -4.52. The summed E-state index contributed by atoms with van der Waals surface area (Å²) < 4.78 is 18.3. The van der Waals surface area contributed by atoms with Crippen molar-refractivity contribution in [3.63, 3.8) is 0 Å². The number of amides is 2. The van der Waals surface area contributed by atoms with Gasteiger partial charge < -0.3 is 34.6 Å². The van der Waals surface area contributed by atoms with Crippen molar-refractivity contribution in [1.82, 2.24) is 10.2 Å². The molecule has 0 aliphatic carbocycles. The number of fused-ring (bicyclic) bond motifs is 1. The highest BCUT2D eigenvalue weighted by Gasteiger charge is 2.51. The van der Waals surface area contributed by atoms with E-state index in [-0.39, 0.29) is 61.7 Å². The van der Waals surface area contributed by atoms with E-state index in [1.807, 2.05) is 84.6 Å². The standard InChI is InChI=1S/C48H63N3O7Si/c1-6-57-40-20-23-43-37(30-40)31-42(49-25-10-11-27-52)48(55)51(43)38-16-12-15-35(29-38)17-24-44-34(2)47(59(4,5)41-21-18-39(56-3)19-22-41)45(58-44)32-46(54)50(26-28-53)33-36-13-8-7-9-14-36/h7-9,12-16,18-23,29-30,34,42,44-45,47,49,52-53H,6,10-11,17,24-28,31-33H2,1-5H3/t34-,42?,44+,45-,47+/m1/s1. The Morgan fingerprint density at radius 2 is 1.66 bits per heavy atom. The first-order valence-electron chi connectivity index (χ1n) is 21.3. The van der Waals surface area contributed by atoms with Gasteiger partial charge in [-0.15, -0.1) is 0 Å². The summed E-state index contributed by atoms with van der Waals surface area (Å²) in [4.78, 5) is 31.9. The minimum atomic E-state index is -2.23. The second-order valence-electron chi connectivity index (χ2n) is 16.5. The molecule has 0 bridgehead atoms. The van der Waals surface area contributed by atoms with Crippen LogP contribution in [0.15, 0.2) is 97.1 Å². The molecule has 316 valence electrons. The summed E-state index contributed by atoms with van der Waals surface area (Å²) in [6, 6.07) is 32.1. The Labute approximate surface area is 351 Å². The van der Waals surface area contributed by atoms with Crippen molar-refractivity contribution in [2.45, 2.75) is 95.8 Å². The maximum Gasteiger partial charge on any atom is 0.249 e. The number of hydrogen-bond acceptors (Lipinski definition) is 8. The molecule has 1 saturated heterocycles. The monoisotopic (exact) mass is 821 g/mol. The number of unbranched alkanes of at least 4 members (excludes halogenated alkanes) is 1. The number of anilines is 2. The van der Waals surface area contributed by atoms with E-state index in [0.29, 0.717) is 32.5 Å². The SMILES string of the molecule is CCOc1ccc2c(c1)CC(NCCCCO)C(=O)N2c1cccc(CC[C@@H]2O[C@H](CC(=O)N(CCO)Cc3ccccc3)[C@@H]([Si](C)(C)c3ccc(OC)cc3)[C@@H]2C)c1. The molecule has 0 aromatic heterocycles. The quantitative estimate of drug-likeness (QED) is 0.0660. The van der Waals surface area contributed by atoms with Crippen LogP contribution >= 0.6 is 0 Å². The van der Waals surface area contributed by atoms with Gasteiger partial charge in [-0.3, -0.25) is 14.5 Å². The van der Waals surface area contributed by atoms with Crippen LogP contribution in [-0.2, 0) is 33.7 Å². The number of aryl methyl sites for hydroxylation is 1. The van der Waals surface area contributed by atoms with Gasteiger partial charge in [0.1, 0.15) is 11.5 Å². The average molecular weight is 822 g/mol. The van der Waals surface area contributed by atoms with Gasteiger partial charge in [0.25, 0.3) is 0 Å². The van der Waals surface area contributed by atoms with Crippen LogP contribution in [0.25, 0.3) is 0 Å². The lowest BCUT2D eigenvalue weighted by Crippen LogP contribution is -2.51. The van der Waals surface area contributed by atoms with Crippen molar-refractivity contribution >= 4 is 36.4 Å². The molecule has 0 radical (unpaired) electrons. The molecule has 0 saturated carbocycles. The second-order valence-corrected chi connectivity index (χ2v) is 21.2. The molecule has 4 aromatic carbocycles. The van der Waals surface area contributed by atoms with Gasteiger partial charge in [0.15, 0.2) is 0 Å². The number of benzene rings is 4. The minimum absolute atomic E-state index is 0.000800. The number of aliphatic hydroxyl groups excluding tert-OH is 2. The molecule has 11 heteroatoms. The van der Waals surface area contributed by atoms with Gasteiger partial charge in [0, 0.05) is 25.4 Å². The van der Waals surface area contributed by atoms with E-state index in [1.165, 1.54) is 5.19 Å². The Bertz CT molecular complexity index is 1980. The maximum absolute atomic E-state index is 14.2. The van der Waals surface area contributed by atoms with E-state index >= 15 is 0 Å². The summed E-state index contributed by atoms with van der Waals surface area (Å²) in [5.41, 5.74) is 5.02. The average Bonchev–Trinajstić information content (AvgIpc) is 3.56. The molecule has 2 aliphatic rings. The summed E-state index contributed by atoms with van der Waals surface area (Å²) in [5.74, 6) is 1.77. The van der Waals surface area contributed by atoms with Gasteiger partial charge in [-0.05, 0) is 116 Å². The number of carbonyl (C=O) groups excluding carboxylic acids is 2. The first-order chi connectivity index (χ1) is 28.6. The number of carbonyl (C=O) groups is 2. The van der Waals surface area contributed by atoms with Gasteiger partial charge in [-0.25, -0.2) is 0 Å². The fourth-order valence-electron chi connectivity index (χ4n) is 9.24. The van der Waals surface area contributed by atoms with E-state index in [4.69, 9.17) is 14.2 Å². The van der Waals surface area contributed by atoms with Crippen LogP contribution in [0.3, 0.4) is 0 Å². The summed E-state index contributed by atoms with van der Waals surface area (Å²) in [6.07, 6.45) is 3.43. The molecule has 2 aliphatic heterocycles. The van der Waals surface area contributed by atoms with Gasteiger partial charge in [0.2, 0.25) is 11.8 Å². The first-order valence-corrected chi connectivity index (χ1v) is 24.4. The number of ether oxygens (including phenoxy) is 3. The second kappa shape index (κ2) is 20.6. The lowest BCUT2D eigenvalue weighted by Gasteiger charge is -2.36. The van der Waals surface area contributed by atoms with E-state index < -0.39 is 14.1 Å². The Morgan fingerprint density at radius 3 is 2.37 bits per heavy atom. The van der Waals surface area contributed by atoms with Crippen molar-refractivity contribution in [3.8, 4) is 11.5 Å². The number of methoxy groups -OCH3 is 1. The normalized spacial score (nSPS) is 20.4. The predicted octanol–water partition coefficient (Wildman–Crippen LogP) is 6.78. The van der Waals surface area contributed by atoms with Crippen LogP contribution in [0.2, 0.25) is 18.6 Å². The highest BCUT2D eigenvalue weighted by molar-refractivity contribution is 6.91. The largest absolute Gasteiger partial charge is 0.497 e. The first kappa shape index (κ1) is 44.0. The third kappa shape index (κ3) is 10.6. The number of nitrogens with one attached hydrogen (secondary N) is 1. The maximum atomic E-state index is 14.2. The molecule has 1 fully saturated rings. The number of nitrogens with zero attached hydrogens (tertiary/aromatic N) is 2. The Kier molecular flexibility index (Phi) is 15.4. The lowest BCUT2D eigenvalue weighted by molar-refractivity contribution is -0.135. The predicted molar refractivity (Wildman–Crippen MR) is 237 cm³/mol. The van der Waals surface area contributed by atoms with Crippen LogP contribution in [0.4, 0.5) is 11.4 Å². The lowest BCUT2D eigenvalue weighted by atomic mass is 9.94. The number of hydrogen-bond donors (Lipinski definition) is 3. The van der Waals surface area contributed by atoms with Crippen LogP contribution in [-0.4, -0.2) is 93.3 Å². The number of aliphatic hydroxyl groups is 2. The molecule has 2 heterocycles. The molecule has 10 nitrogen and oxygen atoms in total. The van der Waals surface area contributed by atoms with Gasteiger partial charge >= 0.3 is 0 Å². The molecule has 4 aromatic rings. The molecule has 3 N–H and O–H groups in total. The molecule has 2 amide bonds. The van der Waals surface area contributed by atoms with Crippen molar-refractivity contribution < 1.29 is 34.0 Å². The fraction of sp³-hybridized carbons (Fsp3) is 0.458. The summed E-state index contributed by atoms with van der Waals surface area (Å²) in [7, 11) is -0.549. The number of rotatable bonds is 20. The molecule has 1 unspecified atom stereocenters. The van der Waals surface area contributed by atoms with Crippen LogP contribution < -0.4 is 24.9 Å². The van der Waals surface area contributed by atoms with Gasteiger partial charge in [-0.2, -0.15) is 0 Å². The van der Waals surface area contributed by atoms with Crippen molar-refractivity contribution in [2.75, 3.05) is 44.9 Å². The van der Waals surface area contributed by atoms with E-state index in [9.17, 15) is 19.8 Å². The minimum Gasteiger partial charge on any atom is -0.497 e. The fourth-order valence-corrected chi connectivity index (χ4v) is 13.3. The third-order valence-electron chi connectivity index (χ3n) is 12.3. The zero-order valence-electron chi connectivity index (χ0n) is 35.4. The molecule has 0 spiro atoms. The molecule has 6 rings (SSSR count). The highest BCUT2D eigenvalue weighted by atomic mass is 28.3. The van der Waals surface area contributed by atoms with E-state index in [1.54, 1.807) is 12.0 Å². The summed E-state index contributed by atoms with van der Waals surface area (Å²) >= 11 is 0. The molecular weight excluding hydrogens is 759 g/mol. The smallest absolute Gasteiger partial charge is 0.249 e. The van der Waals surface area contributed by atoms with E-state index in [0.717, 1.165) is 58.8 Å². The van der Waals surface area contributed by atoms with Crippen LogP contribution in [0, 0.1) is 5.92 Å². The Morgan fingerprint density at radius 1 is 0.915 bits per heavy atom. The van der Waals surface area contributed by atoms with Crippen molar-refractivity contribution in [2.24, 2.45) is 5.92 Å². The molecule has 59 heavy (non-hydrogen) atoms. The molecular formula is C48H63N3O7Si. The summed E-state index contributed by atoms with van der Waals surface area (Å²) in [5, 5.41) is 24.0. The van der Waals surface area contributed by atoms with Crippen molar-refractivity contribution in [3.05, 3.63) is 114 Å². The molecule has 5 atom stereocenters.